The molecular formula is C17H20ClN3. The van der Waals surface area contributed by atoms with Crippen molar-refractivity contribution in [2.75, 3.05) is 29.0 Å². The van der Waals surface area contributed by atoms with Crippen LogP contribution in [0.25, 0.3) is 0 Å². The van der Waals surface area contributed by atoms with Crippen LogP contribution < -0.4 is 16.0 Å². The highest BCUT2D eigenvalue weighted by Gasteiger charge is 2.10. The summed E-state index contributed by atoms with van der Waals surface area (Å²) in [5.41, 5.74) is 9.57. The Morgan fingerprint density at radius 1 is 0.952 bits per heavy atom. The van der Waals surface area contributed by atoms with Crippen molar-refractivity contribution in [1.82, 2.24) is 0 Å². The van der Waals surface area contributed by atoms with Crippen LogP contribution in [0.1, 0.15) is 19.3 Å². The Hall–Kier alpha value is -1.87. The van der Waals surface area contributed by atoms with Gasteiger partial charge in [-0.25, -0.2) is 0 Å². The summed E-state index contributed by atoms with van der Waals surface area (Å²) in [5.74, 6) is 0. The molecule has 3 nitrogen and oxygen atoms in total. The predicted molar refractivity (Wildman–Crippen MR) is 91.7 cm³/mol. The van der Waals surface area contributed by atoms with Gasteiger partial charge in [-0.15, -0.1) is 0 Å². The standard InChI is InChI=1S/C17H20ClN3/c18-16-12-13(19)4-9-17(16)20-14-5-7-15(8-6-14)21-10-2-1-3-11-21/h4-9,12,20H,1-3,10-11,19H2. The third-order valence-corrected chi connectivity index (χ3v) is 4.17. The van der Waals surface area contributed by atoms with Crippen LogP contribution in [-0.2, 0) is 0 Å². The Labute approximate surface area is 130 Å². The molecule has 1 aliphatic rings. The van der Waals surface area contributed by atoms with Crippen molar-refractivity contribution in [3.05, 3.63) is 47.5 Å². The molecule has 0 aromatic heterocycles. The number of nitrogen functional groups attached to an aromatic ring is 1. The van der Waals surface area contributed by atoms with Crippen LogP contribution in [0.3, 0.4) is 0 Å². The molecule has 4 heteroatoms. The molecule has 0 aliphatic carbocycles. The summed E-state index contributed by atoms with van der Waals surface area (Å²) < 4.78 is 0. The van der Waals surface area contributed by atoms with Crippen LogP contribution in [0.5, 0.6) is 0 Å². The molecule has 21 heavy (non-hydrogen) atoms. The second kappa shape index (κ2) is 6.27. The van der Waals surface area contributed by atoms with Crippen molar-refractivity contribution in [2.24, 2.45) is 0 Å². The number of halogens is 1. The van der Waals surface area contributed by atoms with Crippen LogP contribution in [-0.4, -0.2) is 13.1 Å². The number of nitrogens with one attached hydrogen (secondary N) is 1. The third kappa shape index (κ3) is 3.42. The highest BCUT2D eigenvalue weighted by molar-refractivity contribution is 6.33. The first kappa shape index (κ1) is 14.1. The van der Waals surface area contributed by atoms with Crippen molar-refractivity contribution >= 4 is 34.4 Å². The molecule has 0 saturated carbocycles. The van der Waals surface area contributed by atoms with Gasteiger partial charge in [0.2, 0.25) is 0 Å². The van der Waals surface area contributed by atoms with Crippen LogP contribution in [0.4, 0.5) is 22.7 Å². The number of anilines is 4. The molecule has 0 radical (unpaired) electrons. The second-order valence-corrected chi connectivity index (χ2v) is 5.87. The minimum atomic E-state index is 0.634. The number of hydrogen-bond donors (Lipinski definition) is 2. The zero-order valence-electron chi connectivity index (χ0n) is 12.0. The fourth-order valence-electron chi connectivity index (χ4n) is 2.70. The first-order valence-corrected chi connectivity index (χ1v) is 7.77. The van der Waals surface area contributed by atoms with Gasteiger partial charge in [-0.3, -0.25) is 0 Å². The molecule has 0 bridgehead atoms. The smallest absolute Gasteiger partial charge is 0.0661 e. The zero-order chi connectivity index (χ0) is 14.7. The lowest BCUT2D eigenvalue weighted by atomic mass is 10.1. The Bertz CT molecular complexity index is 604. The van der Waals surface area contributed by atoms with Gasteiger partial charge in [0, 0.05) is 30.2 Å². The van der Waals surface area contributed by atoms with Gasteiger partial charge < -0.3 is 16.0 Å². The molecule has 1 aliphatic heterocycles. The molecule has 1 heterocycles. The number of piperidine rings is 1. The second-order valence-electron chi connectivity index (χ2n) is 5.46. The fraction of sp³-hybridized carbons (Fsp3) is 0.294. The van der Waals surface area contributed by atoms with Gasteiger partial charge in [0.15, 0.2) is 0 Å². The topological polar surface area (TPSA) is 41.3 Å². The minimum Gasteiger partial charge on any atom is -0.399 e. The van der Waals surface area contributed by atoms with Gasteiger partial charge in [0.25, 0.3) is 0 Å². The lowest BCUT2D eigenvalue weighted by molar-refractivity contribution is 0.578. The van der Waals surface area contributed by atoms with Gasteiger partial charge in [-0.05, 0) is 61.7 Å². The van der Waals surface area contributed by atoms with Gasteiger partial charge in [0.05, 0.1) is 10.7 Å². The summed E-state index contributed by atoms with van der Waals surface area (Å²) in [6.07, 6.45) is 3.94. The van der Waals surface area contributed by atoms with E-state index in [1.807, 2.05) is 12.1 Å². The number of hydrogen-bond acceptors (Lipinski definition) is 3. The van der Waals surface area contributed by atoms with Crippen molar-refractivity contribution in [2.45, 2.75) is 19.3 Å². The van der Waals surface area contributed by atoms with E-state index < -0.39 is 0 Å². The molecule has 0 unspecified atom stereocenters. The third-order valence-electron chi connectivity index (χ3n) is 3.86. The maximum absolute atomic E-state index is 6.18. The monoisotopic (exact) mass is 301 g/mol. The Kier molecular flexibility index (Phi) is 4.20. The zero-order valence-corrected chi connectivity index (χ0v) is 12.7. The van der Waals surface area contributed by atoms with Crippen molar-refractivity contribution in [3.8, 4) is 0 Å². The minimum absolute atomic E-state index is 0.634. The molecule has 0 atom stereocenters. The van der Waals surface area contributed by atoms with Crippen LogP contribution >= 0.6 is 11.6 Å². The van der Waals surface area contributed by atoms with Gasteiger partial charge in [-0.2, -0.15) is 0 Å². The summed E-state index contributed by atoms with van der Waals surface area (Å²) >= 11 is 6.18. The lowest BCUT2D eigenvalue weighted by Crippen LogP contribution is -2.29. The fourth-order valence-corrected chi connectivity index (χ4v) is 2.93. The Balaban J connectivity index is 1.71. The Morgan fingerprint density at radius 3 is 2.33 bits per heavy atom. The maximum Gasteiger partial charge on any atom is 0.0661 e. The summed E-state index contributed by atoms with van der Waals surface area (Å²) in [6, 6.07) is 14.0. The highest BCUT2D eigenvalue weighted by Crippen LogP contribution is 2.28. The van der Waals surface area contributed by atoms with E-state index in [9.17, 15) is 0 Å². The van der Waals surface area contributed by atoms with Crippen molar-refractivity contribution in [3.63, 3.8) is 0 Å². The molecule has 1 fully saturated rings. The lowest BCUT2D eigenvalue weighted by Gasteiger charge is -2.28. The number of rotatable bonds is 3. The van der Waals surface area contributed by atoms with E-state index in [1.165, 1.54) is 24.9 Å². The molecule has 0 amide bonds. The van der Waals surface area contributed by atoms with Crippen molar-refractivity contribution < 1.29 is 0 Å². The highest BCUT2D eigenvalue weighted by atomic mass is 35.5. The molecule has 3 N–H and O–H groups in total. The first-order chi connectivity index (χ1) is 10.2. The maximum atomic E-state index is 6.18. The van der Waals surface area contributed by atoms with Gasteiger partial charge in [-0.1, -0.05) is 11.6 Å². The van der Waals surface area contributed by atoms with E-state index in [0.29, 0.717) is 10.7 Å². The van der Waals surface area contributed by atoms with E-state index >= 15 is 0 Å². The van der Waals surface area contributed by atoms with Crippen LogP contribution in [0.2, 0.25) is 5.02 Å². The Morgan fingerprint density at radius 2 is 1.67 bits per heavy atom. The average Bonchev–Trinajstić information content (AvgIpc) is 2.52. The van der Waals surface area contributed by atoms with E-state index in [4.69, 9.17) is 17.3 Å². The largest absolute Gasteiger partial charge is 0.399 e. The number of nitrogens with two attached hydrogens (primary N) is 1. The predicted octanol–water partition coefficient (Wildman–Crippen LogP) is 4.66. The summed E-state index contributed by atoms with van der Waals surface area (Å²) in [5, 5.41) is 3.96. The quantitative estimate of drug-likeness (QED) is 0.810. The van der Waals surface area contributed by atoms with E-state index in [0.717, 1.165) is 24.5 Å². The SMILES string of the molecule is Nc1ccc(Nc2ccc(N3CCCCC3)cc2)c(Cl)c1. The molecule has 0 spiro atoms. The van der Waals surface area contributed by atoms with Crippen LogP contribution in [0.15, 0.2) is 42.5 Å². The average molecular weight is 302 g/mol. The molecule has 110 valence electrons. The molecular weight excluding hydrogens is 282 g/mol. The van der Waals surface area contributed by atoms with Crippen molar-refractivity contribution in [1.29, 1.82) is 0 Å². The molecule has 2 aromatic rings. The first-order valence-electron chi connectivity index (χ1n) is 7.39. The summed E-state index contributed by atoms with van der Waals surface area (Å²) in [6.45, 7) is 2.33. The molecule has 2 aromatic carbocycles. The molecule has 1 saturated heterocycles. The number of nitrogens with zero attached hydrogens (tertiary/aromatic N) is 1. The normalized spacial score (nSPS) is 15.0. The van der Waals surface area contributed by atoms with E-state index in [1.54, 1.807) is 6.07 Å². The molecule has 3 rings (SSSR count). The van der Waals surface area contributed by atoms with Gasteiger partial charge >= 0.3 is 0 Å². The van der Waals surface area contributed by atoms with E-state index in [-0.39, 0.29) is 0 Å². The summed E-state index contributed by atoms with van der Waals surface area (Å²) in [4.78, 5) is 2.45. The number of benzene rings is 2. The van der Waals surface area contributed by atoms with Gasteiger partial charge in [0.1, 0.15) is 0 Å². The van der Waals surface area contributed by atoms with E-state index in [2.05, 4.69) is 34.5 Å². The van der Waals surface area contributed by atoms with Crippen LogP contribution in [0, 0.1) is 0 Å². The summed E-state index contributed by atoms with van der Waals surface area (Å²) in [7, 11) is 0.